The summed E-state index contributed by atoms with van der Waals surface area (Å²) >= 11 is 1.72. The standard InChI is InChI=1S/C13H21N5S/c1-9(2)5-14-6-12-15-8-18(17-12)7-13-16-10(3)11(4)19-13/h8-9,14H,5-7H2,1-4H3. The molecule has 104 valence electrons. The number of rotatable bonds is 6. The third-order valence-corrected chi connectivity index (χ3v) is 3.85. The minimum Gasteiger partial charge on any atom is -0.310 e. The van der Waals surface area contributed by atoms with Gasteiger partial charge < -0.3 is 5.32 Å². The van der Waals surface area contributed by atoms with Gasteiger partial charge in [-0.15, -0.1) is 11.3 Å². The van der Waals surface area contributed by atoms with Crippen molar-refractivity contribution in [2.75, 3.05) is 6.54 Å². The highest BCUT2D eigenvalue weighted by molar-refractivity contribution is 7.11. The topological polar surface area (TPSA) is 55.6 Å². The van der Waals surface area contributed by atoms with Gasteiger partial charge in [0, 0.05) is 4.88 Å². The van der Waals surface area contributed by atoms with Gasteiger partial charge in [-0.1, -0.05) is 13.8 Å². The van der Waals surface area contributed by atoms with Gasteiger partial charge in [0.25, 0.3) is 0 Å². The van der Waals surface area contributed by atoms with Gasteiger partial charge in [0.05, 0.1) is 18.8 Å². The first-order valence-corrected chi connectivity index (χ1v) is 7.38. The quantitative estimate of drug-likeness (QED) is 0.880. The van der Waals surface area contributed by atoms with Crippen LogP contribution in [0.1, 0.15) is 35.3 Å². The lowest BCUT2D eigenvalue weighted by molar-refractivity contribution is 0.539. The zero-order valence-electron chi connectivity index (χ0n) is 12.0. The first kappa shape index (κ1) is 14.1. The van der Waals surface area contributed by atoms with Crippen LogP contribution < -0.4 is 5.32 Å². The molecule has 0 bridgehead atoms. The summed E-state index contributed by atoms with van der Waals surface area (Å²) in [5, 5.41) is 8.88. The van der Waals surface area contributed by atoms with Crippen LogP contribution >= 0.6 is 11.3 Å². The molecule has 0 atom stereocenters. The van der Waals surface area contributed by atoms with E-state index in [1.54, 1.807) is 17.7 Å². The van der Waals surface area contributed by atoms with E-state index in [4.69, 9.17) is 0 Å². The molecule has 0 aromatic carbocycles. The minimum absolute atomic E-state index is 0.642. The van der Waals surface area contributed by atoms with Crippen molar-refractivity contribution in [2.24, 2.45) is 5.92 Å². The molecule has 0 radical (unpaired) electrons. The Hall–Kier alpha value is -1.27. The molecule has 2 heterocycles. The fourth-order valence-corrected chi connectivity index (χ4v) is 2.63. The Balaban J connectivity index is 1.90. The summed E-state index contributed by atoms with van der Waals surface area (Å²) in [5.41, 5.74) is 1.11. The van der Waals surface area contributed by atoms with Crippen molar-refractivity contribution in [2.45, 2.75) is 40.8 Å². The molecule has 6 heteroatoms. The van der Waals surface area contributed by atoms with Crippen molar-refractivity contribution in [1.29, 1.82) is 0 Å². The molecule has 0 spiro atoms. The summed E-state index contributed by atoms with van der Waals surface area (Å²) < 4.78 is 1.85. The molecule has 0 aliphatic carbocycles. The molecular formula is C13H21N5S. The minimum atomic E-state index is 0.642. The maximum Gasteiger partial charge on any atom is 0.164 e. The largest absolute Gasteiger partial charge is 0.310 e. The molecule has 0 amide bonds. The van der Waals surface area contributed by atoms with E-state index in [2.05, 4.69) is 41.2 Å². The van der Waals surface area contributed by atoms with E-state index >= 15 is 0 Å². The van der Waals surface area contributed by atoms with Crippen LogP contribution in [0.4, 0.5) is 0 Å². The fourth-order valence-electron chi connectivity index (χ4n) is 1.71. The first-order valence-electron chi connectivity index (χ1n) is 6.56. The average molecular weight is 279 g/mol. The van der Waals surface area contributed by atoms with Gasteiger partial charge in [-0.3, -0.25) is 0 Å². The van der Waals surface area contributed by atoms with Crippen molar-refractivity contribution in [1.82, 2.24) is 25.1 Å². The van der Waals surface area contributed by atoms with E-state index in [1.807, 2.05) is 11.6 Å². The highest BCUT2D eigenvalue weighted by atomic mass is 32.1. The van der Waals surface area contributed by atoms with Crippen LogP contribution in [0, 0.1) is 19.8 Å². The molecule has 0 aliphatic heterocycles. The van der Waals surface area contributed by atoms with Crippen LogP contribution in [0.25, 0.3) is 0 Å². The SMILES string of the molecule is Cc1nc(Cn2cnc(CNCC(C)C)n2)sc1C. The maximum absolute atomic E-state index is 4.51. The number of nitrogens with zero attached hydrogens (tertiary/aromatic N) is 4. The molecule has 2 rings (SSSR count). The lowest BCUT2D eigenvalue weighted by Crippen LogP contribution is -2.19. The third-order valence-electron chi connectivity index (χ3n) is 2.79. The fraction of sp³-hybridized carbons (Fsp3) is 0.615. The highest BCUT2D eigenvalue weighted by Crippen LogP contribution is 2.16. The lowest BCUT2D eigenvalue weighted by Gasteiger charge is -2.04. The van der Waals surface area contributed by atoms with Crippen LogP contribution in [-0.4, -0.2) is 26.3 Å². The summed E-state index contributed by atoms with van der Waals surface area (Å²) in [6, 6.07) is 0. The van der Waals surface area contributed by atoms with E-state index in [0.29, 0.717) is 12.5 Å². The summed E-state index contributed by atoms with van der Waals surface area (Å²) in [7, 11) is 0. The number of thiazole rings is 1. The molecule has 19 heavy (non-hydrogen) atoms. The number of aryl methyl sites for hydroxylation is 2. The Labute approximate surface area is 118 Å². The smallest absolute Gasteiger partial charge is 0.164 e. The Morgan fingerprint density at radius 2 is 2.16 bits per heavy atom. The van der Waals surface area contributed by atoms with Crippen LogP contribution in [0.5, 0.6) is 0 Å². The van der Waals surface area contributed by atoms with Gasteiger partial charge in [-0.2, -0.15) is 5.10 Å². The number of aromatic nitrogens is 4. The second kappa shape index (κ2) is 6.25. The zero-order valence-corrected chi connectivity index (χ0v) is 12.8. The molecule has 2 aromatic rings. The van der Waals surface area contributed by atoms with E-state index in [-0.39, 0.29) is 0 Å². The maximum atomic E-state index is 4.51. The van der Waals surface area contributed by atoms with Crippen LogP contribution in [-0.2, 0) is 13.1 Å². The van der Waals surface area contributed by atoms with E-state index < -0.39 is 0 Å². The van der Waals surface area contributed by atoms with Gasteiger partial charge in [0.2, 0.25) is 0 Å². The monoisotopic (exact) mass is 279 g/mol. The summed E-state index contributed by atoms with van der Waals surface area (Å²) in [4.78, 5) is 10.1. The predicted octanol–water partition coefficient (Wildman–Crippen LogP) is 2.15. The molecule has 1 N–H and O–H groups in total. The van der Waals surface area contributed by atoms with Crippen LogP contribution in [0.2, 0.25) is 0 Å². The summed E-state index contributed by atoms with van der Waals surface area (Å²) in [5.74, 6) is 1.48. The van der Waals surface area contributed by atoms with Crippen molar-refractivity contribution in [3.05, 3.63) is 27.7 Å². The molecule has 2 aromatic heterocycles. The number of hydrogen-bond acceptors (Lipinski definition) is 5. The second-order valence-corrected chi connectivity index (χ2v) is 6.42. The molecular weight excluding hydrogens is 258 g/mol. The van der Waals surface area contributed by atoms with Crippen molar-refractivity contribution >= 4 is 11.3 Å². The van der Waals surface area contributed by atoms with Crippen LogP contribution in [0.15, 0.2) is 6.33 Å². The van der Waals surface area contributed by atoms with Gasteiger partial charge in [0.1, 0.15) is 11.3 Å². The first-order chi connectivity index (χ1) is 9.04. The molecule has 0 unspecified atom stereocenters. The predicted molar refractivity (Wildman–Crippen MR) is 77.3 cm³/mol. The molecule has 0 saturated heterocycles. The van der Waals surface area contributed by atoms with E-state index in [1.165, 1.54) is 4.88 Å². The van der Waals surface area contributed by atoms with Crippen molar-refractivity contribution < 1.29 is 0 Å². The highest BCUT2D eigenvalue weighted by Gasteiger charge is 2.06. The molecule has 0 fully saturated rings. The lowest BCUT2D eigenvalue weighted by atomic mass is 10.2. The second-order valence-electron chi connectivity index (χ2n) is 5.13. The molecule has 0 aliphatic rings. The normalized spacial score (nSPS) is 11.4. The van der Waals surface area contributed by atoms with Crippen LogP contribution in [0.3, 0.4) is 0 Å². The van der Waals surface area contributed by atoms with Crippen molar-refractivity contribution in [3.63, 3.8) is 0 Å². The summed E-state index contributed by atoms with van der Waals surface area (Å²) in [6.07, 6.45) is 1.78. The zero-order chi connectivity index (χ0) is 13.8. The number of nitrogens with one attached hydrogen (secondary N) is 1. The Bertz CT molecular complexity index is 509. The Kier molecular flexibility index (Phi) is 4.66. The van der Waals surface area contributed by atoms with E-state index in [9.17, 15) is 0 Å². The Morgan fingerprint density at radius 3 is 2.79 bits per heavy atom. The van der Waals surface area contributed by atoms with Gasteiger partial charge >= 0.3 is 0 Å². The molecule has 5 nitrogen and oxygen atoms in total. The van der Waals surface area contributed by atoms with Gasteiger partial charge in [-0.25, -0.2) is 14.6 Å². The van der Waals surface area contributed by atoms with E-state index in [0.717, 1.165) is 29.6 Å². The number of hydrogen-bond donors (Lipinski definition) is 1. The van der Waals surface area contributed by atoms with Gasteiger partial charge in [-0.05, 0) is 26.3 Å². The van der Waals surface area contributed by atoms with Gasteiger partial charge in [0.15, 0.2) is 5.82 Å². The molecule has 0 saturated carbocycles. The average Bonchev–Trinajstić information content (AvgIpc) is 2.87. The Morgan fingerprint density at radius 1 is 1.37 bits per heavy atom. The van der Waals surface area contributed by atoms with Crippen molar-refractivity contribution in [3.8, 4) is 0 Å². The summed E-state index contributed by atoms with van der Waals surface area (Å²) in [6.45, 7) is 10.9. The third kappa shape index (κ3) is 4.11.